The normalized spacial score (nSPS) is 17.4. The third kappa shape index (κ3) is 5.09. The summed E-state index contributed by atoms with van der Waals surface area (Å²) in [5.41, 5.74) is 0. The first-order valence-corrected chi connectivity index (χ1v) is 8.89. The Morgan fingerprint density at radius 2 is 2.12 bits per heavy atom. The number of furan rings is 1. The van der Waals surface area contributed by atoms with Gasteiger partial charge in [0, 0.05) is 19.6 Å². The lowest BCUT2D eigenvalue weighted by Gasteiger charge is -2.32. The Morgan fingerprint density at radius 1 is 1.33 bits per heavy atom. The van der Waals surface area contributed by atoms with E-state index < -0.39 is 5.91 Å². The van der Waals surface area contributed by atoms with Gasteiger partial charge in [0.05, 0.1) is 12.5 Å². The van der Waals surface area contributed by atoms with E-state index in [0.29, 0.717) is 24.3 Å². The summed E-state index contributed by atoms with van der Waals surface area (Å²) in [5, 5.41) is 5.41. The molecule has 1 saturated heterocycles. The maximum absolute atomic E-state index is 12.3. The number of rotatable bonds is 6. The molecule has 8 heteroatoms. The van der Waals surface area contributed by atoms with Crippen LogP contribution in [0.2, 0.25) is 0 Å². The van der Waals surface area contributed by atoms with Gasteiger partial charge in [0.2, 0.25) is 11.8 Å². The highest BCUT2D eigenvalue weighted by Crippen LogP contribution is 2.17. The molecule has 0 spiro atoms. The summed E-state index contributed by atoms with van der Waals surface area (Å²) in [7, 11) is 0. The van der Waals surface area contributed by atoms with Crippen molar-refractivity contribution in [2.24, 2.45) is 5.92 Å². The van der Waals surface area contributed by atoms with Crippen molar-refractivity contribution in [3.05, 3.63) is 22.6 Å². The van der Waals surface area contributed by atoms with Crippen LogP contribution < -0.4 is 10.6 Å². The largest absolute Gasteiger partial charge is 0.444 e. The van der Waals surface area contributed by atoms with E-state index in [9.17, 15) is 14.4 Å². The number of piperidine rings is 1. The van der Waals surface area contributed by atoms with Crippen molar-refractivity contribution >= 4 is 33.7 Å². The van der Waals surface area contributed by atoms with Gasteiger partial charge in [-0.3, -0.25) is 14.4 Å². The summed E-state index contributed by atoms with van der Waals surface area (Å²) >= 11 is 3.12. The minimum absolute atomic E-state index is 0.00109. The summed E-state index contributed by atoms with van der Waals surface area (Å²) in [5.74, 6) is -0.666. The molecule has 132 valence electrons. The van der Waals surface area contributed by atoms with Crippen LogP contribution in [0.1, 0.15) is 36.7 Å². The molecule has 1 unspecified atom stereocenters. The van der Waals surface area contributed by atoms with E-state index in [1.165, 1.54) is 6.07 Å². The topological polar surface area (TPSA) is 91.7 Å². The molecule has 0 bridgehead atoms. The van der Waals surface area contributed by atoms with Gasteiger partial charge in [-0.25, -0.2) is 0 Å². The van der Waals surface area contributed by atoms with Gasteiger partial charge < -0.3 is 20.0 Å². The number of hydrogen-bond acceptors (Lipinski definition) is 4. The van der Waals surface area contributed by atoms with Crippen LogP contribution in [0.25, 0.3) is 0 Å². The molecule has 1 atom stereocenters. The van der Waals surface area contributed by atoms with Crippen molar-refractivity contribution < 1.29 is 18.8 Å². The van der Waals surface area contributed by atoms with Gasteiger partial charge in [0.25, 0.3) is 5.91 Å². The molecular weight excluding hydrogens is 378 g/mol. The third-order valence-corrected chi connectivity index (χ3v) is 4.32. The lowest BCUT2D eigenvalue weighted by Crippen LogP contribution is -2.48. The maximum Gasteiger partial charge on any atom is 0.287 e. The fraction of sp³-hybridized carbons (Fsp3) is 0.562. The van der Waals surface area contributed by atoms with E-state index in [2.05, 4.69) is 26.6 Å². The number of carbonyl (C=O) groups is 3. The Balaban J connectivity index is 1.81. The van der Waals surface area contributed by atoms with Crippen LogP contribution in [-0.4, -0.2) is 48.8 Å². The monoisotopic (exact) mass is 399 g/mol. The highest BCUT2D eigenvalue weighted by atomic mass is 79.9. The SMILES string of the molecule is CCCNC(=O)C1CCCN(C(=O)CNC(=O)c2ccc(Br)o2)C1. The van der Waals surface area contributed by atoms with Crippen LogP contribution in [0.15, 0.2) is 21.2 Å². The molecule has 2 heterocycles. The molecule has 0 saturated carbocycles. The van der Waals surface area contributed by atoms with Gasteiger partial charge in [-0.05, 0) is 47.3 Å². The third-order valence-electron chi connectivity index (χ3n) is 3.89. The molecule has 0 radical (unpaired) electrons. The second kappa shape index (κ2) is 8.86. The molecular formula is C16H22BrN3O4. The van der Waals surface area contributed by atoms with E-state index in [-0.39, 0.29) is 30.0 Å². The molecule has 3 amide bonds. The number of hydrogen-bond donors (Lipinski definition) is 2. The van der Waals surface area contributed by atoms with Crippen molar-refractivity contribution in [1.29, 1.82) is 0 Å². The van der Waals surface area contributed by atoms with Crippen molar-refractivity contribution in [2.75, 3.05) is 26.2 Å². The van der Waals surface area contributed by atoms with Crippen LogP contribution in [-0.2, 0) is 9.59 Å². The molecule has 0 aromatic carbocycles. The second-order valence-corrected chi connectivity index (χ2v) is 6.54. The number of halogens is 1. The Labute approximate surface area is 149 Å². The molecule has 1 aliphatic heterocycles. The van der Waals surface area contributed by atoms with Crippen LogP contribution >= 0.6 is 15.9 Å². The number of carbonyl (C=O) groups excluding carboxylic acids is 3. The van der Waals surface area contributed by atoms with E-state index in [1.54, 1.807) is 11.0 Å². The Bertz CT molecular complexity index is 602. The fourth-order valence-corrected chi connectivity index (χ4v) is 2.91. The van der Waals surface area contributed by atoms with Crippen molar-refractivity contribution in [3.8, 4) is 0 Å². The quantitative estimate of drug-likeness (QED) is 0.758. The van der Waals surface area contributed by atoms with E-state index >= 15 is 0 Å². The summed E-state index contributed by atoms with van der Waals surface area (Å²) < 4.78 is 5.59. The number of likely N-dealkylation sites (tertiary alicyclic amines) is 1. The first-order chi connectivity index (χ1) is 11.5. The number of amides is 3. The van der Waals surface area contributed by atoms with Gasteiger partial charge in [-0.2, -0.15) is 0 Å². The first kappa shape index (κ1) is 18.5. The van der Waals surface area contributed by atoms with Crippen molar-refractivity contribution in [3.63, 3.8) is 0 Å². The molecule has 2 rings (SSSR count). The first-order valence-electron chi connectivity index (χ1n) is 8.10. The molecule has 24 heavy (non-hydrogen) atoms. The van der Waals surface area contributed by atoms with Crippen molar-refractivity contribution in [2.45, 2.75) is 26.2 Å². The minimum Gasteiger partial charge on any atom is -0.444 e. The molecule has 1 aromatic heterocycles. The predicted molar refractivity (Wildman–Crippen MR) is 91.3 cm³/mol. The summed E-state index contributed by atoms with van der Waals surface area (Å²) in [6, 6.07) is 3.14. The average molecular weight is 400 g/mol. The van der Waals surface area contributed by atoms with E-state index in [1.807, 2.05) is 6.92 Å². The highest BCUT2D eigenvalue weighted by molar-refractivity contribution is 9.10. The van der Waals surface area contributed by atoms with E-state index in [4.69, 9.17) is 4.42 Å². The van der Waals surface area contributed by atoms with Gasteiger partial charge in [-0.1, -0.05) is 6.92 Å². The molecule has 7 nitrogen and oxygen atoms in total. The molecule has 1 fully saturated rings. The number of nitrogens with zero attached hydrogens (tertiary/aromatic N) is 1. The Morgan fingerprint density at radius 3 is 2.79 bits per heavy atom. The highest BCUT2D eigenvalue weighted by Gasteiger charge is 2.28. The van der Waals surface area contributed by atoms with Gasteiger partial charge >= 0.3 is 0 Å². The smallest absolute Gasteiger partial charge is 0.287 e. The summed E-state index contributed by atoms with van der Waals surface area (Å²) in [4.78, 5) is 37.8. The zero-order valence-corrected chi connectivity index (χ0v) is 15.2. The predicted octanol–water partition coefficient (Wildman–Crippen LogP) is 1.54. The Hall–Kier alpha value is -1.83. The second-order valence-electron chi connectivity index (χ2n) is 5.76. The van der Waals surface area contributed by atoms with Gasteiger partial charge in [0.15, 0.2) is 10.4 Å². The lowest BCUT2D eigenvalue weighted by atomic mass is 9.97. The molecule has 1 aromatic rings. The van der Waals surface area contributed by atoms with Crippen LogP contribution in [0.4, 0.5) is 0 Å². The minimum atomic E-state index is -0.441. The van der Waals surface area contributed by atoms with Crippen LogP contribution in [0.5, 0.6) is 0 Å². The maximum atomic E-state index is 12.3. The standard InChI is InChI=1S/C16H22BrN3O4/c1-2-7-18-15(22)11-4-3-8-20(10-11)14(21)9-19-16(23)12-5-6-13(17)24-12/h5-6,11H,2-4,7-10H2,1H3,(H,18,22)(H,19,23). The molecule has 2 N–H and O–H groups in total. The summed E-state index contributed by atoms with van der Waals surface area (Å²) in [6.45, 7) is 3.55. The zero-order chi connectivity index (χ0) is 17.5. The molecule has 0 aliphatic carbocycles. The summed E-state index contributed by atoms with van der Waals surface area (Å²) in [6.07, 6.45) is 2.46. The number of nitrogens with one attached hydrogen (secondary N) is 2. The van der Waals surface area contributed by atoms with Gasteiger partial charge in [-0.15, -0.1) is 0 Å². The van der Waals surface area contributed by atoms with Gasteiger partial charge in [0.1, 0.15) is 0 Å². The fourth-order valence-electron chi connectivity index (χ4n) is 2.60. The zero-order valence-electron chi connectivity index (χ0n) is 13.6. The van der Waals surface area contributed by atoms with Crippen molar-refractivity contribution in [1.82, 2.24) is 15.5 Å². The average Bonchev–Trinajstić information content (AvgIpc) is 3.03. The van der Waals surface area contributed by atoms with Crippen LogP contribution in [0.3, 0.4) is 0 Å². The van der Waals surface area contributed by atoms with Crippen LogP contribution in [0, 0.1) is 5.92 Å². The lowest BCUT2D eigenvalue weighted by molar-refractivity contribution is -0.134. The van der Waals surface area contributed by atoms with E-state index in [0.717, 1.165) is 19.3 Å². The Kier molecular flexibility index (Phi) is 6.84. The molecule has 1 aliphatic rings.